The molecule has 2 N–H and O–H groups in total. The second-order valence-electron chi connectivity index (χ2n) is 7.51. The minimum atomic E-state index is 0. The number of halogens is 1. The van der Waals surface area contributed by atoms with E-state index in [4.69, 9.17) is 10.7 Å². The van der Waals surface area contributed by atoms with E-state index in [0.717, 1.165) is 37.7 Å². The van der Waals surface area contributed by atoms with E-state index in [1.807, 2.05) is 11.6 Å². The summed E-state index contributed by atoms with van der Waals surface area (Å²) in [6.07, 6.45) is 2.98. The summed E-state index contributed by atoms with van der Waals surface area (Å²) in [5.41, 5.74) is 9.09. The molecule has 2 aliphatic rings. The zero-order valence-electron chi connectivity index (χ0n) is 15.9. The molecule has 2 aromatic rings. The van der Waals surface area contributed by atoms with Crippen molar-refractivity contribution in [1.82, 2.24) is 9.88 Å². The number of anilines is 1. The Balaban J connectivity index is 0.00000210. The second kappa shape index (κ2) is 8.77. The van der Waals surface area contributed by atoms with Crippen LogP contribution in [0.5, 0.6) is 0 Å². The molecule has 2 unspecified atom stereocenters. The average molecular weight is 497 g/mol. The molecule has 0 spiro atoms. The molecule has 7 heteroatoms. The van der Waals surface area contributed by atoms with Gasteiger partial charge in [-0.3, -0.25) is 0 Å². The Morgan fingerprint density at radius 3 is 2.48 bits per heavy atom. The topological polar surface area (TPSA) is 57.8 Å². The van der Waals surface area contributed by atoms with Gasteiger partial charge in [-0.15, -0.1) is 35.3 Å². The van der Waals surface area contributed by atoms with Gasteiger partial charge in [-0.25, -0.2) is 9.98 Å². The molecular weight excluding hydrogens is 469 g/mol. The van der Waals surface area contributed by atoms with Crippen LogP contribution in [-0.2, 0) is 0 Å². The average Bonchev–Trinajstić information content (AvgIpc) is 3.20. The van der Waals surface area contributed by atoms with E-state index in [0.29, 0.717) is 23.8 Å². The van der Waals surface area contributed by atoms with Gasteiger partial charge in [0.25, 0.3) is 0 Å². The third-order valence-corrected chi connectivity index (χ3v) is 6.21. The molecule has 146 valence electrons. The van der Waals surface area contributed by atoms with Crippen molar-refractivity contribution in [3.8, 4) is 0 Å². The number of nitrogens with zero attached hydrogens (tertiary/aromatic N) is 4. The Bertz CT molecular complexity index is 751. The lowest BCUT2D eigenvalue weighted by Gasteiger charge is -2.35. The minimum Gasteiger partial charge on any atom is -0.370 e. The normalized spacial score (nSPS) is 22.7. The van der Waals surface area contributed by atoms with Crippen LogP contribution in [0.3, 0.4) is 0 Å². The number of piperazine rings is 1. The molecule has 5 nitrogen and oxygen atoms in total. The molecule has 4 rings (SSSR count). The molecule has 2 fully saturated rings. The van der Waals surface area contributed by atoms with E-state index in [1.165, 1.54) is 11.1 Å². The number of nitrogens with two attached hydrogens (primary N) is 1. The van der Waals surface area contributed by atoms with Crippen LogP contribution in [0, 0.1) is 0 Å². The Kier molecular flexibility index (Phi) is 6.62. The first-order valence-electron chi connectivity index (χ1n) is 9.44. The predicted molar refractivity (Wildman–Crippen MR) is 125 cm³/mol. The van der Waals surface area contributed by atoms with Crippen LogP contribution >= 0.6 is 35.3 Å². The minimum absolute atomic E-state index is 0. The van der Waals surface area contributed by atoms with Crippen LogP contribution in [0.2, 0.25) is 0 Å². The summed E-state index contributed by atoms with van der Waals surface area (Å²) in [6.45, 7) is 8.19. The van der Waals surface area contributed by atoms with Gasteiger partial charge in [-0.2, -0.15) is 0 Å². The van der Waals surface area contributed by atoms with Gasteiger partial charge in [0, 0.05) is 43.7 Å². The smallest absolute Gasteiger partial charge is 0.191 e. The van der Waals surface area contributed by atoms with Gasteiger partial charge in [-0.05, 0) is 23.5 Å². The molecule has 27 heavy (non-hydrogen) atoms. The van der Waals surface area contributed by atoms with Crippen molar-refractivity contribution in [2.75, 3.05) is 31.1 Å². The molecule has 1 saturated heterocycles. The monoisotopic (exact) mass is 497 g/mol. The molecule has 0 radical (unpaired) electrons. The summed E-state index contributed by atoms with van der Waals surface area (Å²) in [5.74, 6) is 1.82. The first-order valence-corrected chi connectivity index (χ1v) is 10.3. The molecule has 1 aromatic heterocycles. The van der Waals surface area contributed by atoms with E-state index in [1.54, 1.807) is 11.3 Å². The van der Waals surface area contributed by atoms with Crippen molar-refractivity contribution < 1.29 is 0 Å². The first kappa shape index (κ1) is 20.4. The zero-order chi connectivity index (χ0) is 18.1. The summed E-state index contributed by atoms with van der Waals surface area (Å²) < 4.78 is 0. The van der Waals surface area contributed by atoms with Crippen molar-refractivity contribution in [3.05, 3.63) is 47.0 Å². The van der Waals surface area contributed by atoms with Gasteiger partial charge in [-0.1, -0.05) is 38.1 Å². The second-order valence-corrected chi connectivity index (χ2v) is 8.38. The van der Waals surface area contributed by atoms with E-state index < -0.39 is 0 Å². The fraction of sp³-hybridized carbons (Fsp3) is 0.500. The third-order valence-electron chi connectivity index (χ3n) is 5.38. The summed E-state index contributed by atoms with van der Waals surface area (Å²) in [7, 11) is 0. The Hall–Kier alpha value is -1.35. The lowest BCUT2D eigenvalue weighted by molar-refractivity contribution is 0.380. The maximum Gasteiger partial charge on any atom is 0.191 e. The van der Waals surface area contributed by atoms with Crippen LogP contribution < -0.4 is 10.6 Å². The van der Waals surface area contributed by atoms with Gasteiger partial charge in [0.2, 0.25) is 0 Å². The molecule has 1 aliphatic heterocycles. The highest BCUT2D eigenvalue weighted by Gasteiger charge is 2.39. The SMILES string of the molecule is CC(C)c1ccc(C2CC2N=C(N)N2CCN(c3nccs3)CC2)cc1.I. The number of aliphatic imine (C=N–C) groups is 1. The number of guanidine groups is 1. The van der Waals surface area contributed by atoms with Gasteiger partial charge in [0.1, 0.15) is 0 Å². The fourth-order valence-corrected chi connectivity index (χ4v) is 4.26. The molecule has 0 amide bonds. The molecule has 2 atom stereocenters. The summed E-state index contributed by atoms with van der Waals surface area (Å²) in [6, 6.07) is 9.37. The highest BCUT2D eigenvalue weighted by Crippen LogP contribution is 2.43. The standard InChI is InChI=1S/C20H27N5S.HI/c1-14(2)15-3-5-16(6-4-15)17-13-18(17)23-19(21)24-8-10-25(11-9-24)20-22-7-12-26-20;/h3-7,12,14,17-18H,8-11,13H2,1-2H3,(H2,21,23);1H. The Morgan fingerprint density at radius 1 is 1.19 bits per heavy atom. The van der Waals surface area contributed by atoms with E-state index >= 15 is 0 Å². The molecule has 1 saturated carbocycles. The van der Waals surface area contributed by atoms with Crippen molar-refractivity contribution in [1.29, 1.82) is 0 Å². The fourth-order valence-electron chi connectivity index (χ4n) is 3.56. The van der Waals surface area contributed by atoms with Crippen LogP contribution in [0.1, 0.15) is 43.2 Å². The summed E-state index contributed by atoms with van der Waals surface area (Å²) >= 11 is 1.70. The van der Waals surface area contributed by atoms with Gasteiger partial charge in [0.05, 0.1) is 6.04 Å². The maximum absolute atomic E-state index is 6.30. The maximum atomic E-state index is 6.30. The number of thiazole rings is 1. The zero-order valence-corrected chi connectivity index (χ0v) is 19.1. The highest BCUT2D eigenvalue weighted by atomic mass is 127. The summed E-state index contributed by atoms with van der Waals surface area (Å²) in [4.78, 5) is 13.7. The van der Waals surface area contributed by atoms with Crippen LogP contribution in [-0.4, -0.2) is 48.1 Å². The van der Waals surface area contributed by atoms with Gasteiger partial charge >= 0.3 is 0 Å². The number of rotatable bonds is 4. The first-order chi connectivity index (χ1) is 12.6. The predicted octanol–water partition coefficient (Wildman–Crippen LogP) is 3.88. The Labute approximate surface area is 182 Å². The molecule has 1 aromatic carbocycles. The van der Waals surface area contributed by atoms with Crippen molar-refractivity contribution in [2.45, 2.75) is 38.1 Å². The number of aromatic nitrogens is 1. The van der Waals surface area contributed by atoms with Gasteiger partial charge in [0.15, 0.2) is 11.1 Å². The summed E-state index contributed by atoms with van der Waals surface area (Å²) in [5, 5.41) is 3.13. The number of hydrogen-bond acceptors (Lipinski definition) is 4. The van der Waals surface area contributed by atoms with Crippen LogP contribution in [0.25, 0.3) is 0 Å². The number of benzene rings is 1. The third kappa shape index (κ3) is 4.74. The molecule has 2 heterocycles. The van der Waals surface area contributed by atoms with Crippen molar-refractivity contribution >= 4 is 46.4 Å². The van der Waals surface area contributed by atoms with E-state index in [9.17, 15) is 0 Å². The van der Waals surface area contributed by atoms with Crippen LogP contribution in [0.15, 0.2) is 40.8 Å². The lowest BCUT2D eigenvalue weighted by Crippen LogP contribution is -2.51. The van der Waals surface area contributed by atoms with E-state index in [-0.39, 0.29) is 24.0 Å². The van der Waals surface area contributed by atoms with Gasteiger partial charge < -0.3 is 15.5 Å². The molecular formula is C20H28IN5S. The van der Waals surface area contributed by atoms with Crippen molar-refractivity contribution in [2.24, 2.45) is 10.7 Å². The highest BCUT2D eigenvalue weighted by molar-refractivity contribution is 14.0. The van der Waals surface area contributed by atoms with Crippen LogP contribution in [0.4, 0.5) is 5.13 Å². The van der Waals surface area contributed by atoms with Crippen molar-refractivity contribution in [3.63, 3.8) is 0 Å². The van der Waals surface area contributed by atoms with E-state index in [2.05, 4.69) is 52.9 Å². The Morgan fingerprint density at radius 2 is 1.89 bits per heavy atom. The molecule has 0 bridgehead atoms. The lowest BCUT2D eigenvalue weighted by atomic mass is 10.0. The quantitative estimate of drug-likeness (QED) is 0.396. The molecule has 1 aliphatic carbocycles. The number of hydrogen-bond donors (Lipinski definition) is 1. The largest absolute Gasteiger partial charge is 0.370 e.